The molecule has 0 aliphatic carbocycles. The summed E-state index contributed by atoms with van der Waals surface area (Å²) in [5, 5.41) is 29.7. The van der Waals surface area contributed by atoms with E-state index in [0.717, 1.165) is 27.7 Å². The van der Waals surface area contributed by atoms with Gasteiger partial charge in [-0.2, -0.15) is 0 Å². The van der Waals surface area contributed by atoms with Gasteiger partial charge in [0.2, 0.25) is 0 Å². The zero-order valence-electron chi connectivity index (χ0n) is 14.0. The summed E-state index contributed by atoms with van der Waals surface area (Å²) in [5.74, 6) is -3.33. The van der Waals surface area contributed by atoms with Crippen molar-refractivity contribution in [2.24, 2.45) is 11.5 Å². The third kappa shape index (κ3) is 3740. The number of nitrogens with two attached hydrogens (primary N) is 2. The van der Waals surface area contributed by atoms with Crippen LogP contribution in [-0.4, -0.2) is 138 Å². The first-order valence-corrected chi connectivity index (χ1v) is 5.03. The smallest absolute Gasteiger partial charge is 0.300 e. The minimum absolute atomic E-state index is 0. The van der Waals surface area contributed by atoms with Crippen LogP contribution >= 0.6 is 0 Å². The third-order valence-electron chi connectivity index (χ3n) is 0.167. The summed E-state index contributed by atoms with van der Waals surface area (Å²) in [5.41, 5.74) is 9.81. The van der Waals surface area contributed by atoms with Crippen molar-refractivity contribution >= 4 is 105 Å². The van der Waals surface area contributed by atoms with Crippen molar-refractivity contribution in [1.29, 1.82) is 0 Å². The number of carbonyl (C=O) groups is 4. The molecule has 0 amide bonds. The second-order valence-electron chi connectivity index (χ2n) is 2.65. The second-order valence-corrected chi connectivity index (χ2v) is 2.65. The standard InChI is InChI=1S/C2H8N2.4C2H4O2.K.Na/c3-1-2-4;4*1-2(3)4;;/h1-4H2;4*1H3,(H,3,4);;. The van der Waals surface area contributed by atoms with Gasteiger partial charge in [-0.05, 0) is 0 Å². The molecule has 2 radical (unpaired) electrons. The first-order chi connectivity index (χ1) is 8.84. The molecular formula is C10H24KN2NaO8. The number of aliphatic carboxylic acids is 4. The van der Waals surface area contributed by atoms with E-state index in [0.29, 0.717) is 13.1 Å². The first-order valence-electron chi connectivity index (χ1n) is 5.03. The van der Waals surface area contributed by atoms with E-state index in [2.05, 4.69) is 0 Å². The van der Waals surface area contributed by atoms with Crippen LogP contribution in [0.2, 0.25) is 0 Å². The van der Waals surface area contributed by atoms with Crippen LogP contribution in [0.3, 0.4) is 0 Å². The molecule has 8 N–H and O–H groups in total. The molecule has 10 nitrogen and oxygen atoms in total. The predicted molar refractivity (Wildman–Crippen MR) is 82.9 cm³/mol. The molecule has 0 rings (SSSR count). The number of carboxylic acids is 4. The van der Waals surface area contributed by atoms with Crippen LogP contribution in [-0.2, 0) is 19.2 Å². The second kappa shape index (κ2) is 43.0. The Morgan fingerprint density at radius 3 is 0.682 bits per heavy atom. The summed E-state index contributed by atoms with van der Waals surface area (Å²) in [6, 6.07) is 0. The maximum absolute atomic E-state index is 9.00. The molecule has 12 heteroatoms. The molecule has 0 aliphatic heterocycles. The molecule has 0 saturated carbocycles. The van der Waals surface area contributed by atoms with E-state index >= 15 is 0 Å². The van der Waals surface area contributed by atoms with Crippen molar-refractivity contribution in [3.05, 3.63) is 0 Å². The van der Waals surface area contributed by atoms with Gasteiger partial charge in [-0.3, -0.25) is 19.2 Å². The normalized spacial score (nSPS) is 5.91. The fraction of sp³-hybridized carbons (Fsp3) is 0.600. The summed E-state index contributed by atoms with van der Waals surface area (Å²) in [6.07, 6.45) is 0. The molecule has 0 aromatic carbocycles. The fourth-order valence-corrected chi connectivity index (χ4v) is 0. The predicted octanol–water partition coefficient (Wildman–Crippen LogP) is -1.49. The average molecular weight is 362 g/mol. The van der Waals surface area contributed by atoms with Gasteiger partial charge < -0.3 is 31.9 Å². The van der Waals surface area contributed by atoms with Crippen molar-refractivity contribution < 1.29 is 39.6 Å². The van der Waals surface area contributed by atoms with E-state index < -0.39 is 23.9 Å². The topological polar surface area (TPSA) is 201 Å². The Morgan fingerprint density at radius 1 is 0.636 bits per heavy atom. The maximum atomic E-state index is 9.00. The van der Waals surface area contributed by atoms with Gasteiger partial charge in [-0.1, -0.05) is 0 Å². The van der Waals surface area contributed by atoms with Crippen LogP contribution in [0.1, 0.15) is 27.7 Å². The maximum Gasteiger partial charge on any atom is 0.300 e. The van der Waals surface area contributed by atoms with Gasteiger partial charge in [0.05, 0.1) is 0 Å². The van der Waals surface area contributed by atoms with Crippen LogP contribution in [0.4, 0.5) is 0 Å². The number of hydrogen-bond donors (Lipinski definition) is 6. The zero-order chi connectivity index (χ0) is 17.7. The Bertz CT molecular complexity index is 201. The minimum Gasteiger partial charge on any atom is -0.481 e. The molecule has 0 unspecified atom stereocenters. The molecule has 0 fully saturated rings. The Kier molecular flexibility index (Phi) is 84.5. The Balaban J connectivity index is -0.0000000250. The first kappa shape index (κ1) is 43.3. The van der Waals surface area contributed by atoms with Gasteiger partial charge in [0.15, 0.2) is 0 Å². The Labute approximate surface area is 194 Å². The average Bonchev–Trinajstić information content (AvgIpc) is 2.13. The number of carboxylic acid groups (broad SMARTS) is 4. The van der Waals surface area contributed by atoms with Crippen molar-refractivity contribution in [2.75, 3.05) is 13.1 Å². The SMILES string of the molecule is CC(=O)O.CC(=O)O.CC(=O)O.CC(=O)O.NCCN.[K].[Na]. The van der Waals surface area contributed by atoms with E-state index in [1.807, 2.05) is 0 Å². The van der Waals surface area contributed by atoms with E-state index in [4.69, 9.17) is 51.1 Å². The van der Waals surface area contributed by atoms with Crippen LogP contribution in [0.5, 0.6) is 0 Å². The van der Waals surface area contributed by atoms with Crippen molar-refractivity contribution in [3.63, 3.8) is 0 Å². The molecular weight excluding hydrogens is 338 g/mol. The van der Waals surface area contributed by atoms with Crippen LogP contribution in [0.25, 0.3) is 0 Å². The van der Waals surface area contributed by atoms with Crippen LogP contribution < -0.4 is 11.5 Å². The summed E-state index contributed by atoms with van der Waals surface area (Å²) < 4.78 is 0. The monoisotopic (exact) mass is 362 g/mol. The van der Waals surface area contributed by atoms with Crippen molar-refractivity contribution in [1.82, 2.24) is 0 Å². The third-order valence-corrected chi connectivity index (χ3v) is 0.167. The van der Waals surface area contributed by atoms with Gasteiger partial charge in [0.25, 0.3) is 23.9 Å². The van der Waals surface area contributed by atoms with E-state index in [9.17, 15) is 0 Å². The number of hydrogen-bond acceptors (Lipinski definition) is 6. The summed E-state index contributed by atoms with van der Waals surface area (Å²) in [4.78, 5) is 36.0. The molecule has 22 heavy (non-hydrogen) atoms. The summed E-state index contributed by atoms with van der Waals surface area (Å²) in [6.45, 7) is 5.53. The quantitative estimate of drug-likeness (QED) is 0.298. The Hall–Kier alpha value is 0.436. The fourth-order valence-electron chi connectivity index (χ4n) is 0. The molecule has 0 saturated heterocycles. The van der Waals surface area contributed by atoms with E-state index in [1.165, 1.54) is 0 Å². The summed E-state index contributed by atoms with van der Waals surface area (Å²) in [7, 11) is 0. The van der Waals surface area contributed by atoms with Gasteiger partial charge in [0, 0.05) is 122 Å². The minimum atomic E-state index is -0.833. The van der Waals surface area contributed by atoms with Crippen LogP contribution in [0, 0.1) is 0 Å². The zero-order valence-corrected chi connectivity index (χ0v) is 19.1. The van der Waals surface area contributed by atoms with Gasteiger partial charge in [-0.15, -0.1) is 0 Å². The molecule has 0 aliphatic rings. The van der Waals surface area contributed by atoms with Gasteiger partial charge in [0.1, 0.15) is 0 Å². The molecule has 0 aromatic heterocycles. The molecule has 0 spiro atoms. The molecule has 0 aromatic rings. The van der Waals surface area contributed by atoms with Gasteiger partial charge in [-0.25, -0.2) is 0 Å². The van der Waals surface area contributed by atoms with Gasteiger partial charge >= 0.3 is 0 Å². The summed E-state index contributed by atoms with van der Waals surface area (Å²) >= 11 is 0. The van der Waals surface area contributed by atoms with E-state index in [1.54, 1.807) is 0 Å². The number of rotatable bonds is 1. The van der Waals surface area contributed by atoms with Crippen molar-refractivity contribution in [3.8, 4) is 0 Å². The van der Waals surface area contributed by atoms with E-state index in [-0.39, 0.29) is 80.9 Å². The Morgan fingerprint density at radius 2 is 0.682 bits per heavy atom. The largest absolute Gasteiger partial charge is 0.481 e. The molecule has 124 valence electrons. The molecule has 0 atom stereocenters. The van der Waals surface area contributed by atoms with Crippen molar-refractivity contribution in [2.45, 2.75) is 27.7 Å². The molecule has 0 heterocycles. The molecule has 0 bridgehead atoms. The van der Waals surface area contributed by atoms with Crippen LogP contribution in [0.15, 0.2) is 0 Å².